The summed E-state index contributed by atoms with van der Waals surface area (Å²) in [6.07, 6.45) is 0.0771. The molecule has 0 bridgehead atoms. The molecule has 0 fully saturated rings. The first-order valence-electron chi connectivity index (χ1n) is 9.13. The van der Waals surface area contributed by atoms with Gasteiger partial charge in [-0.25, -0.2) is 9.37 Å². The highest BCUT2D eigenvalue weighted by Gasteiger charge is 2.31. The molecule has 3 aromatic rings. The molecule has 30 heavy (non-hydrogen) atoms. The smallest absolute Gasteiger partial charge is 0.257 e. The number of rotatable bonds is 5. The number of hydrogen-bond acceptors (Lipinski definition) is 6. The lowest BCUT2D eigenvalue weighted by Gasteiger charge is -2.25. The summed E-state index contributed by atoms with van der Waals surface area (Å²) >= 11 is 1.28. The Morgan fingerprint density at radius 1 is 1.23 bits per heavy atom. The SMILES string of the molecule is COc1cc([C@@H]2CC(=O)Nc3nc(SCc4ccc(F)cc4)[nH]c(=O)c32)ccc1O. The number of aromatic nitrogens is 2. The number of fused-ring (bicyclic) bond motifs is 1. The van der Waals surface area contributed by atoms with Crippen molar-refractivity contribution in [1.82, 2.24) is 9.97 Å². The van der Waals surface area contributed by atoms with Gasteiger partial charge < -0.3 is 20.1 Å². The number of ether oxygens (including phenoxy) is 1. The largest absolute Gasteiger partial charge is 0.504 e. The van der Waals surface area contributed by atoms with Crippen LogP contribution in [0.3, 0.4) is 0 Å². The molecular weight excluding hydrogens is 409 g/mol. The highest BCUT2D eigenvalue weighted by Crippen LogP contribution is 2.38. The van der Waals surface area contributed by atoms with E-state index >= 15 is 0 Å². The van der Waals surface area contributed by atoms with Crippen molar-refractivity contribution in [2.24, 2.45) is 0 Å². The zero-order chi connectivity index (χ0) is 21.3. The first-order chi connectivity index (χ1) is 14.4. The number of hydrogen-bond donors (Lipinski definition) is 3. The van der Waals surface area contributed by atoms with E-state index in [0.29, 0.717) is 22.0 Å². The Bertz CT molecular complexity index is 1160. The highest BCUT2D eigenvalue weighted by molar-refractivity contribution is 7.98. The average Bonchev–Trinajstić information content (AvgIpc) is 2.73. The van der Waals surface area contributed by atoms with E-state index in [1.807, 2.05) is 0 Å². The Morgan fingerprint density at radius 3 is 2.73 bits per heavy atom. The minimum Gasteiger partial charge on any atom is -0.504 e. The number of amides is 1. The summed E-state index contributed by atoms with van der Waals surface area (Å²) in [7, 11) is 1.43. The molecule has 0 spiro atoms. The molecule has 7 nitrogen and oxygen atoms in total. The first kappa shape index (κ1) is 20.0. The van der Waals surface area contributed by atoms with E-state index in [2.05, 4.69) is 15.3 Å². The molecule has 0 aliphatic carbocycles. The number of aromatic hydroxyl groups is 1. The van der Waals surface area contributed by atoms with Crippen LogP contribution in [0.4, 0.5) is 10.2 Å². The van der Waals surface area contributed by atoms with Gasteiger partial charge in [0.05, 0.1) is 12.7 Å². The predicted molar refractivity (Wildman–Crippen MR) is 111 cm³/mol. The number of carbonyl (C=O) groups excluding carboxylic acids is 1. The lowest BCUT2D eigenvalue weighted by Crippen LogP contribution is -2.31. The van der Waals surface area contributed by atoms with Crippen molar-refractivity contribution >= 4 is 23.5 Å². The molecule has 3 N–H and O–H groups in total. The van der Waals surface area contributed by atoms with E-state index in [4.69, 9.17) is 4.74 Å². The number of phenols is 1. The molecular formula is C21H18FN3O4S. The molecule has 0 unspecified atom stereocenters. The second kappa shape index (κ2) is 8.19. The third-order valence-corrected chi connectivity index (χ3v) is 5.77. The second-order valence-corrected chi connectivity index (χ2v) is 7.75. The molecule has 1 aromatic heterocycles. The van der Waals surface area contributed by atoms with Gasteiger partial charge in [0.1, 0.15) is 11.6 Å². The molecule has 1 aliphatic rings. The number of H-pyrrole nitrogens is 1. The number of halogens is 1. The Morgan fingerprint density at radius 2 is 2.00 bits per heavy atom. The third kappa shape index (κ3) is 4.02. The van der Waals surface area contributed by atoms with Crippen LogP contribution in [-0.2, 0) is 10.5 Å². The van der Waals surface area contributed by atoms with Crippen LogP contribution in [0.1, 0.15) is 29.0 Å². The fourth-order valence-electron chi connectivity index (χ4n) is 3.35. The molecule has 4 rings (SSSR count). The van der Waals surface area contributed by atoms with Gasteiger partial charge in [0.15, 0.2) is 16.7 Å². The monoisotopic (exact) mass is 427 g/mol. The van der Waals surface area contributed by atoms with Gasteiger partial charge in [0, 0.05) is 18.1 Å². The van der Waals surface area contributed by atoms with Gasteiger partial charge in [-0.2, -0.15) is 0 Å². The number of nitrogens with zero attached hydrogens (tertiary/aromatic N) is 1. The van der Waals surface area contributed by atoms with Gasteiger partial charge in [-0.3, -0.25) is 9.59 Å². The maximum atomic E-state index is 13.0. The summed E-state index contributed by atoms with van der Waals surface area (Å²) in [6.45, 7) is 0. The summed E-state index contributed by atoms with van der Waals surface area (Å²) in [5, 5.41) is 12.9. The van der Waals surface area contributed by atoms with Gasteiger partial charge in [0.25, 0.3) is 5.56 Å². The van der Waals surface area contributed by atoms with Crippen molar-refractivity contribution < 1.29 is 19.0 Å². The summed E-state index contributed by atoms with van der Waals surface area (Å²) in [6, 6.07) is 10.8. The van der Waals surface area contributed by atoms with Crippen LogP contribution in [-0.4, -0.2) is 28.1 Å². The molecule has 1 atom stereocenters. The number of nitrogens with one attached hydrogen (secondary N) is 2. The van der Waals surface area contributed by atoms with Crippen molar-refractivity contribution in [3.8, 4) is 11.5 Å². The number of carbonyl (C=O) groups is 1. The average molecular weight is 427 g/mol. The molecule has 0 radical (unpaired) electrons. The molecule has 154 valence electrons. The van der Waals surface area contributed by atoms with Gasteiger partial charge in [-0.05, 0) is 35.4 Å². The highest BCUT2D eigenvalue weighted by atomic mass is 32.2. The molecule has 9 heteroatoms. The Hall–Kier alpha value is -3.33. The second-order valence-electron chi connectivity index (χ2n) is 6.78. The maximum absolute atomic E-state index is 13.0. The Labute approximate surface area is 175 Å². The van der Waals surface area contributed by atoms with Crippen LogP contribution in [0.25, 0.3) is 0 Å². The topological polar surface area (TPSA) is 104 Å². The molecule has 1 amide bonds. The van der Waals surface area contributed by atoms with Crippen molar-refractivity contribution in [3.05, 3.63) is 75.3 Å². The predicted octanol–water partition coefficient (Wildman–Crippen LogP) is 3.39. The lowest BCUT2D eigenvalue weighted by atomic mass is 9.86. The van der Waals surface area contributed by atoms with E-state index in [-0.39, 0.29) is 41.0 Å². The number of phenolic OH excluding ortho intramolecular Hbond substituents is 1. The van der Waals surface area contributed by atoms with Gasteiger partial charge in [-0.15, -0.1) is 0 Å². The minimum absolute atomic E-state index is 0.0266. The fourth-order valence-corrected chi connectivity index (χ4v) is 4.16. The summed E-state index contributed by atoms with van der Waals surface area (Å²) in [5.41, 5.74) is 1.55. The number of aromatic amines is 1. The number of thioether (sulfide) groups is 1. The number of anilines is 1. The van der Waals surface area contributed by atoms with Crippen molar-refractivity contribution in [1.29, 1.82) is 0 Å². The zero-order valence-corrected chi connectivity index (χ0v) is 16.8. The summed E-state index contributed by atoms with van der Waals surface area (Å²) in [5.74, 6) is -0.161. The van der Waals surface area contributed by atoms with Gasteiger partial charge in [0.2, 0.25) is 5.91 Å². The first-order valence-corrected chi connectivity index (χ1v) is 10.1. The van der Waals surface area contributed by atoms with Crippen LogP contribution in [0.15, 0.2) is 52.4 Å². The molecule has 0 saturated carbocycles. The van der Waals surface area contributed by atoms with Gasteiger partial charge >= 0.3 is 0 Å². The normalized spacial score (nSPS) is 15.4. The Kier molecular flexibility index (Phi) is 5.45. The van der Waals surface area contributed by atoms with Crippen LogP contribution >= 0.6 is 11.8 Å². The van der Waals surface area contributed by atoms with Crippen LogP contribution < -0.4 is 15.6 Å². The molecule has 0 saturated heterocycles. The van der Waals surface area contributed by atoms with Crippen molar-refractivity contribution in [3.63, 3.8) is 0 Å². The van der Waals surface area contributed by atoms with Crippen LogP contribution in [0.2, 0.25) is 0 Å². The zero-order valence-electron chi connectivity index (χ0n) is 15.9. The quantitative estimate of drug-likeness (QED) is 0.426. The molecule has 1 aliphatic heterocycles. The van der Waals surface area contributed by atoms with E-state index in [9.17, 15) is 19.1 Å². The van der Waals surface area contributed by atoms with Crippen LogP contribution in [0.5, 0.6) is 11.5 Å². The number of methoxy groups -OCH3 is 1. The fraction of sp³-hybridized carbons (Fsp3) is 0.190. The maximum Gasteiger partial charge on any atom is 0.257 e. The third-order valence-electron chi connectivity index (χ3n) is 4.82. The van der Waals surface area contributed by atoms with E-state index in [0.717, 1.165) is 5.56 Å². The minimum atomic E-state index is -0.518. The van der Waals surface area contributed by atoms with Crippen molar-refractivity contribution in [2.45, 2.75) is 23.2 Å². The molecule has 2 aromatic carbocycles. The van der Waals surface area contributed by atoms with E-state index < -0.39 is 5.92 Å². The van der Waals surface area contributed by atoms with E-state index in [1.54, 1.807) is 24.3 Å². The standard InChI is InChI=1S/C21H18FN3O4S/c1-29-16-8-12(4-7-15(16)26)14-9-17(27)23-19-18(14)20(28)25-21(24-19)30-10-11-2-5-13(22)6-3-11/h2-8,14,26H,9-10H2,1H3,(H2,23,24,25,27,28)/t14-/m0/s1. The lowest BCUT2D eigenvalue weighted by molar-refractivity contribution is -0.116. The van der Waals surface area contributed by atoms with Crippen molar-refractivity contribution in [2.75, 3.05) is 12.4 Å². The van der Waals surface area contributed by atoms with Gasteiger partial charge in [-0.1, -0.05) is 30.0 Å². The van der Waals surface area contributed by atoms with Crippen LogP contribution in [0, 0.1) is 5.82 Å². The number of benzene rings is 2. The summed E-state index contributed by atoms with van der Waals surface area (Å²) < 4.78 is 18.2. The van der Waals surface area contributed by atoms with E-state index in [1.165, 1.54) is 37.1 Å². The Balaban J connectivity index is 1.66. The summed E-state index contributed by atoms with van der Waals surface area (Å²) in [4.78, 5) is 32.3. The molecule has 2 heterocycles.